The van der Waals surface area contributed by atoms with E-state index in [0.717, 1.165) is 69.7 Å². The first-order valence-electron chi connectivity index (χ1n) is 36.5. The number of fused-ring (bicyclic) bond motifs is 1. The molecule has 12 heteroatoms. The Morgan fingerprint density at radius 3 is 1.48 bits per heavy atom. The summed E-state index contributed by atoms with van der Waals surface area (Å²) in [6, 6.07) is 8.78. The Labute approximate surface area is 561 Å². The number of nitrogens with zero attached hydrogens (tertiary/aromatic N) is 4. The monoisotopic (exact) mass is 1310 g/mol. The summed E-state index contributed by atoms with van der Waals surface area (Å²) in [4.78, 5) is 53.4. The van der Waals surface area contributed by atoms with Crippen LogP contribution in [0.5, 0.6) is 0 Å². The van der Waals surface area contributed by atoms with Gasteiger partial charge in [-0.15, -0.1) is 57.5 Å². The van der Waals surface area contributed by atoms with Gasteiger partial charge in [0.2, 0.25) is 0 Å². The molecule has 0 saturated heterocycles. The topological polar surface area (TPSA) is 65.9 Å². The summed E-state index contributed by atoms with van der Waals surface area (Å²) in [7, 11) is 0. The van der Waals surface area contributed by atoms with E-state index in [2.05, 4.69) is 84.7 Å². The van der Waals surface area contributed by atoms with Crippen LogP contribution >= 0.6 is 69.3 Å². The standard InChI is InChI=1S/C76H116N4O2S6/c1-5-9-13-17-21-25-27-31-35-39-45-59(43-37-33-29-23-19-15-11-7-3)57-79-71(67-55-77-73(87-67)65-51-49-63(85-65)61-47-41-53-83-61)69-70(75(79)81)72(68-56-78-74(88-68)66-52-50-64(86-66)62-48-42-54-84-62)80(76(69)82)58-60(44-38-34-30-24-20-16-12-8-4)46-40-36-32-28-26-22-18-14-10-6-2/h41-42,47,49,51-55,59-60,62,64,68H,5-40,43-46,48,50,56-58H2,1-4H3. The van der Waals surface area contributed by atoms with Crippen molar-refractivity contribution in [2.24, 2.45) is 16.8 Å². The number of thiazole rings is 1. The van der Waals surface area contributed by atoms with Gasteiger partial charge in [-0.3, -0.25) is 14.6 Å². The predicted molar refractivity (Wildman–Crippen MR) is 393 cm³/mol. The van der Waals surface area contributed by atoms with Gasteiger partial charge >= 0.3 is 0 Å². The molecule has 3 aromatic rings. The molecule has 0 aromatic carbocycles. The van der Waals surface area contributed by atoms with Gasteiger partial charge in [0.1, 0.15) is 10.1 Å². The molecule has 0 spiro atoms. The summed E-state index contributed by atoms with van der Waals surface area (Å²) in [6.45, 7) is 11.2. The highest BCUT2D eigenvalue weighted by atomic mass is 32.2. The Hall–Kier alpha value is -2.35. The molecule has 0 radical (unpaired) electrons. The first kappa shape index (κ1) is 71.5. The van der Waals surface area contributed by atoms with E-state index in [1.165, 1.54) is 246 Å². The third kappa shape index (κ3) is 22.4. The number of hydrogen-bond acceptors (Lipinski definition) is 10. The summed E-state index contributed by atoms with van der Waals surface area (Å²) >= 11 is 11.1. The van der Waals surface area contributed by atoms with Crippen LogP contribution in [0.1, 0.15) is 302 Å². The van der Waals surface area contributed by atoms with E-state index in [1.807, 2.05) is 41.5 Å². The number of hydrogen-bond donors (Lipinski definition) is 0. The van der Waals surface area contributed by atoms with Crippen molar-refractivity contribution in [2.75, 3.05) is 19.6 Å². The number of unbranched alkanes of at least 4 members (excludes halogenated alkanes) is 32. The zero-order valence-electron chi connectivity index (χ0n) is 55.5. The molecule has 0 bridgehead atoms. The van der Waals surface area contributed by atoms with Crippen LogP contribution in [0.2, 0.25) is 0 Å². The Kier molecular flexibility index (Phi) is 33.6. The number of aromatic nitrogens is 1. The van der Waals surface area contributed by atoms with Crippen LogP contribution in [-0.2, 0) is 9.59 Å². The summed E-state index contributed by atoms with van der Waals surface area (Å²) in [5, 5.41) is 7.57. The first-order chi connectivity index (χ1) is 43.4. The Morgan fingerprint density at radius 1 is 0.500 bits per heavy atom. The maximum atomic E-state index is 16.3. The molecular formula is C76H116N4O2S6. The molecule has 8 heterocycles. The largest absolute Gasteiger partial charge is 0.310 e. The molecule has 488 valence electrons. The van der Waals surface area contributed by atoms with Crippen LogP contribution in [-0.4, -0.2) is 67.0 Å². The third-order valence-electron chi connectivity index (χ3n) is 19.4. The number of carbonyl (C=O) groups excluding carboxylic acids is 2. The fourth-order valence-corrected chi connectivity index (χ4v) is 20.9. The smallest absolute Gasteiger partial charge is 0.261 e. The summed E-state index contributed by atoms with van der Waals surface area (Å²) in [5.41, 5.74) is 3.15. The SMILES string of the molecule is CCCCCCCCCCCCC(CCCCCCCCCC)CN1C(=O)C2=C(C3CN=C(C4=CCC(C5CC=CS5)S4)S3)N(CC(CCCCCCCCCC)CCCCCCCCCCCC)C(=O)C2=C1c1cnc(-c2ccc(-c3cccs3)s2)s1. The van der Waals surface area contributed by atoms with Crippen molar-refractivity contribution in [2.45, 2.75) is 313 Å². The average Bonchev–Trinajstić information content (AvgIpc) is 1.64. The lowest BCUT2D eigenvalue weighted by molar-refractivity contribution is -0.125. The van der Waals surface area contributed by atoms with Crippen molar-refractivity contribution in [3.8, 4) is 19.6 Å². The van der Waals surface area contributed by atoms with Crippen molar-refractivity contribution in [3.63, 3.8) is 0 Å². The summed E-state index contributed by atoms with van der Waals surface area (Å²) in [6.07, 6.45) is 60.8. The molecule has 88 heavy (non-hydrogen) atoms. The number of thiophene rings is 2. The third-order valence-corrected chi connectivity index (χ3v) is 26.9. The minimum atomic E-state index is -0.0978. The van der Waals surface area contributed by atoms with Gasteiger partial charge in [0, 0.05) is 44.4 Å². The van der Waals surface area contributed by atoms with Gasteiger partial charge in [0.25, 0.3) is 11.8 Å². The zero-order valence-corrected chi connectivity index (χ0v) is 60.4. The number of aliphatic imine (C=N–C) groups is 1. The quantitative estimate of drug-likeness (QED) is 0.0525. The molecule has 0 fully saturated rings. The van der Waals surface area contributed by atoms with Gasteiger partial charge in [-0.2, -0.15) is 0 Å². The molecule has 0 aliphatic carbocycles. The number of amides is 2. The minimum absolute atomic E-state index is 0.0505. The van der Waals surface area contributed by atoms with Crippen LogP contribution in [0.3, 0.4) is 0 Å². The van der Waals surface area contributed by atoms with Crippen LogP contribution in [0, 0.1) is 11.8 Å². The molecular weight excluding hydrogens is 1190 g/mol. The van der Waals surface area contributed by atoms with Gasteiger partial charge in [0.05, 0.1) is 44.1 Å². The number of carbonyl (C=O) groups is 2. The molecule has 5 aliphatic rings. The Morgan fingerprint density at radius 2 is 0.989 bits per heavy atom. The van der Waals surface area contributed by atoms with Crippen LogP contribution in [0.4, 0.5) is 0 Å². The lowest BCUT2D eigenvalue weighted by Crippen LogP contribution is -2.38. The molecule has 3 aromatic heterocycles. The van der Waals surface area contributed by atoms with Crippen molar-refractivity contribution in [1.82, 2.24) is 14.8 Å². The second kappa shape index (κ2) is 41.4. The van der Waals surface area contributed by atoms with E-state index in [4.69, 9.17) is 9.98 Å². The predicted octanol–water partition coefficient (Wildman–Crippen LogP) is 25.1. The zero-order chi connectivity index (χ0) is 61.4. The maximum Gasteiger partial charge on any atom is 0.261 e. The number of rotatable bonds is 50. The van der Waals surface area contributed by atoms with E-state index in [9.17, 15) is 0 Å². The van der Waals surface area contributed by atoms with E-state index in [1.54, 1.807) is 34.0 Å². The number of thioether (sulfide) groups is 3. The van der Waals surface area contributed by atoms with Gasteiger partial charge in [-0.25, -0.2) is 4.98 Å². The fourth-order valence-electron chi connectivity index (χ4n) is 14.2. The lowest BCUT2D eigenvalue weighted by Gasteiger charge is -2.31. The van der Waals surface area contributed by atoms with Gasteiger partial charge < -0.3 is 9.80 Å². The van der Waals surface area contributed by atoms with Crippen LogP contribution in [0.15, 0.2) is 80.1 Å². The second-order valence-corrected chi connectivity index (χ2v) is 33.4. The molecule has 5 atom stereocenters. The fraction of sp³-hybridized carbons (Fsp3) is 0.711. The van der Waals surface area contributed by atoms with E-state index in [-0.39, 0.29) is 17.1 Å². The molecule has 5 aliphatic heterocycles. The molecule has 6 nitrogen and oxygen atoms in total. The molecule has 0 saturated carbocycles. The number of allylic oxidation sites excluding steroid dienone is 2. The van der Waals surface area contributed by atoms with Crippen LogP contribution < -0.4 is 0 Å². The van der Waals surface area contributed by atoms with Crippen molar-refractivity contribution < 1.29 is 9.59 Å². The Balaban J connectivity index is 1.10. The van der Waals surface area contributed by atoms with Gasteiger partial charge in [-0.05, 0) is 79.3 Å². The van der Waals surface area contributed by atoms with Crippen LogP contribution in [0.25, 0.3) is 25.3 Å². The van der Waals surface area contributed by atoms with Gasteiger partial charge in [-0.1, -0.05) is 289 Å². The molecule has 5 unspecified atom stereocenters. The van der Waals surface area contributed by atoms with E-state index < -0.39 is 0 Å². The van der Waals surface area contributed by atoms with Crippen molar-refractivity contribution >= 4 is 91.9 Å². The summed E-state index contributed by atoms with van der Waals surface area (Å²) in [5.74, 6) is 0.842. The highest BCUT2D eigenvalue weighted by molar-refractivity contribution is 8.19. The summed E-state index contributed by atoms with van der Waals surface area (Å²) < 4.78 is 0. The van der Waals surface area contributed by atoms with Crippen molar-refractivity contribution in [1.29, 1.82) is 0 Å². The lowest BCUT2D eigenvalue weighted by atomic mass is 9.93. The van der Waals surface area contributed by atoms with Gasteiger partial charge in [0.15, 0.2) is 0 Å². The minimum Gasteiger partial charge on any atom is -0.310 e. The molecule has 8 rings (SSSR count). The maximum absolute atomic E-state index is 16.3. The highest BCUT2D eigenvalue weighted by Crippen LogP contribution is 2.52. The van der Waals surface area contributed by atoms with Crippen molar-refractivity contribution in [3.05, 3.63) is 80.0 Å². The van der Waals surface area contributed by atoms with E-state index >= 15 is 9.59 Å². The average molecular weight is 1310 g/mol. The molecule has 2 amide bonds. The van der Waals surface area contributed by atoms with E-state index in [0.29, 0.717) is 53.1 Å². The first-order valence-corrected chi connectivity index (χ1v) is 41.7. The Bertz CT molecular complexity index is 2630. The highest BCUT2D eigenvalue weighted by Gasteiger charge is 2.52. The molecule has 0 N–H and O–H groups in total. The second-order valence-electron chi connectivity index (χ2n) is 26.7. The normalized spacial score (nSPS) is 19.2.